The second-order valence-corrected chi connectivity index (χ2v) is 4.62. The Morgan fingerprint density at radius 1 is 0.667 bits per heavy atom. The van der Waals surface area contributed by atoms with E-state index in [9.17, 15) is 19.2 Å². The number of benzene rings is 2. The molecule has 2 rings (SSSR count). The van der Waals surface area contributed by atoms with Crippen molar-refractivity contribution in [2.45, 2.75) is 0 Å². The lowest BCUT2D eigenvalue weighted by Gasteiger charge is -2.01. The lowest BCUT2D eigenvalue weighted by Crippen LogP contribution is -1.97. The number of hydrogen-bond donors (Lipinski definition) is 2. The van der Waals surface area contributed by atoms with E-state index in [4.69, 9.17) is 10.2 Å². The van der Waals surface area contributed by atoms with Crippen LogP contribution in [0.25, 0.3) is 10.8 Å². The number of hydrogen-bond acceptors (Lipinski definition) is 4. The highest BCUT2D eigenvalue weighted by atomic mass is 35.5. The van der Waals surface area contributed by atoms with Gasteiger partial charge in [-0.15, -0.1) is 24.8 Å². The van der Waals surface area contributed by atoms with Crippen LogP contribution in [-0.4, -0.2) is 32.6 Å². The minimum atomic E-state index is -1.14. The van der Waals surface area contributed by atoms with E-state index in [1.165, 1.54) is 24.3 Å². The lowest BCUT2D eigenvalue weighted by molar-refractivity contribution is -0.127. The number of carboxylic acid groups (broad SMARTS) is 2. The van der Waals surface area contributed by atoms with Crippen LogP contribution >= 0.6 is 48.0 Å². The van der Waals surface area contributed by atoms with Crippen molar-refractivity contribution in [2.75, 3.05) is 0 Å². The summed E-state index contributed by atoms with van der Waals surface area (Å²) in [6.45, 7) is 0. The van der Waals surface area contributed by atoms with E-state index in [0.29, 0.717) is 10.8 Å². The molecule has 0 bridgehead atoms. The summed E-state index contributed by atoms with van der Waals surface area (Å²) in [5.74, 6) is -1.99. The second-order valence-electron chi connectivity index (χ2n) is 3.93. The molecule has 0 aromatic heterocycles. The van der Waals surface area contributed by atoms with Crippen LogP contribution in [-0.2, 0) is 9.59 Å². The van der Waals surface area contributed by atoms with E-state index in [0.717, 1.165) is 0 Å². The molecule has 0 radical (unpaired) electrons. The van der Waals surface area contributed by atoms with Crippen molar-refractivity contribution in [1.82, 2.24) is 0 Å². The van der Waals surface area contributed by atoms with Crippen molar-refractivity contribution in [3.05, 3.63) is 47.5 Å². The van der Waals surface area contributed by atoms with Gasteiger partial charge in [-0.25, -0.2) is 9.59 Å². The molecule has 0 heterocycles. The summed E-state index contributed by atoms with van der Waals surface area (Å²) >= 11 is 8.98. The van der Waals surface area contributed by atoms with Gasteiger partial charge in [-0.1, -0.05) is 12.1 Å². The average Bonchev–Trinajstić information content (AvgIpc) is 2.46. The van der Waals surface area contributed by atoms with Crippen LogP contribution in [0.4, 0.5) is 0 Å². The fourth-order valence-electron chi connectivity index (χ4n) is 1.51. The number of fused-ring (bicyclic) bond motifs is 1. The number of carboxylic acids is 2. The molecule has 2 N–H and O–H groups in total. The zero-order valence-electron chi connectivity index (χ0n) is 11.6. The molecule has 0 aliphatic rings. The van der Waals surface area contributed by atoms with E-state index in [1.807, 2.05) is 0 Å². The summed E-state index contributed by atoms with van der Waals surface area (Å²) in [5.41, 5.74) is 0.381. The van der Waals surface area contributed by atoms with E-state index in [2.05, 4.69) is 23.2 Å². The average molecular weight is 416 g/mol. The highest BCUT2D eigenvalue weighted by Crippen LogP contribution is 2.18. The first kappa shape index (κ1) is 24.4. The Morgan fingerprint density at radius 3 is 1.17 bits per heavy atom. The molecule has 6 nitrogen and oxygen atoms in total. The van der Waals surface area contributed by atoms with E-state index in [1.54, 1.807) is 12.1 Å². The summed E-state index contributed by atoms with van der Waals surface area (Å²) in [4.78, 5) is 40.3. The molecule has 10 heteroatoms. The molecule has 0 saturated carbocycles. The monoisotopic (exact) mass is 414 g/mol. The van der Waals surface area contributed by atoms with E-state index < -0.39 is 22.4 Å². The third kappa shape index (κ3) is 7.14. The smallest absolute Gasteiger partial charge is 0.335 e. The number of halogens is 4. The van der Waals surface area contributed by atoms with Crippen LogP contribution in [0.5, 0.6) is 0 Å². The highest BCUT2D eigenvalue weighted by molar-refractivity contribution is 6.97. The van der Waals surface area contributed by atoms with Crippen LogP contribution in [0, 0.1) is 0 Å². The Balaban J connectivity index is 0. The molecule has 0 amide bonds. The van der Waals surface area contributed by atoms with Crippen LogP contribution in [0.15, 0.2) is 36.4 Å². The third-order valence-electron chi connectivity index (χ3n) is 2.49. The summed E-state index contributed by atoms with van der Waals surface area (Å²) < 4.78 is 0. The largest absolute Gasteiger partial charge is 0.478 e. The fourth-order valence-corrected chi connectivity index (χ4v) is 1.51. The Labute approximate surface area is 158 Å². The first-order chi connectivity index (χ1) is 10.2. The van der Waals surface area contributed by atoms with Gasteiger partial charge in [-0.2, -0.15) is 0 Å². The van der Waals surface area contributed by atoms with Crippen molar-refractivity contribution in [1.29, 1.82) is 0 Å². The normalized spacial score (nSPS) is 8.75. The molecule has 2 aromatic carbocycles. The van der Waals surface area contributed by atoms with Crippen molar-refractivity contribution in [2.24, 2.45) is 0 Å². The predicted octanol–water partition coefficient (Wildman–Crippen LogP) is 3.60. The lowest BCUT2D eigenvalue weighted by atomic mass is 10.0. The first-order valence-corrected chi connectivity index (χ1v) is 6.37. The summed E-state index contributed by atoms with van der Waals surface area (Å²) in [6, 6.07) is 9.15. The third-order valence-corrected chi connectivity index (χ3v) is 2.93. The summed E-state index contributed by atoms with van der Waals surface area (Å²) in [5, 5.41) is 16.7. The Kier molecular flexibility index (Phi) is 11.0. The quantitative estimate of drug-likeness (QED) is 0.585. The number of rotatable bonds is 3. The molecule has 0 atom stereocenters. The number of carbonyl (C=O) groups is 4. The van der Waals surface area contributed by atoms with Gasteiger partial charge >= 0.3 is 22.4 Å². The summed E-state index contributed by atoms with van der Waals surface area (Å²) in [6.07, 6.45) is 0. The molecule has 0 aliphatic carbocycles. The SMILES string of the molecule is Cl.Cl.O=C(Cl)C(=O)Cl.O=C(O)c1ccc2cc(C(=O)O)ccc2c1. The molecule has 24 heavy (non-hydrogen) atoms. The van der Waals surface area contributed by atoms with Gasteiger partial charge in [0.05, 0.1) is 11.1 Å². The van der Waals surface area contributed by atoms with Gasteiger partial charge in [0.1, 0.15) is 0 Å². The van der Waals surface area contributed by atoms with Gasteiger partial charge in [0, 0.05) is 0 Å². The highest BCUT2D eigenvalue weighted by Gasteiger charge is 2.06. The molecule has 0 spiro atoms. The Hall–Kier alpha value is -1.86. The standard InChI is InChI=1S/C12H8O4.C2Cl2O2.2ClH/c13-11(14)9-3-1-7-5-10(12(15)16)4-2-8(7)6-9;3-1(5)2(4)6;;/h1-6H,(H,13,14)(H,15,16);;2*1H. The maximum Gasteiger partial charge on any atom is 0.335 e. The molecular formula is C14H10Cl4O6. The molecule has 0 fully saturated rings. The Bertz CT molecular complexity index is 710. The second kappa shape index (κ2) is 10.8. The molecule has 0 unspecified atom stereocenters. The zero-order valence-corrected chi connectivity index (χ0v) is 14.7. The first-order valence-electron chi connectivity index (χ1n) is 5.62. The van der Waals surface area contributed by atoms with Gasteiger partial charge in [0.25, 0.3) is 0 Å². The maximum absolute atomic E-state index is 10.7. The van der Waals surface area contributed by atoms with Crippen molar-refractivity contribution < 1.29 is 29.4 Å². The van der Waals surface area contributed by atoms with Crippen LogP contribution < -0.4 is 0 Å². The van der Waals surface area contributed by atoms with Crippen molar-refractivity contribution in [3.8, 4) is 0 Å². The van der Waals surface area contributed by atoms with Crippen molar-refractivity contribution >= 4 is 81.2 Å². The van der Waals surface area contributed by atoms with Crippen LogP contribution in [0.1, 0.15) is 20.7 Å². The van der Waals surface area contributed by atoms with Gasteiger partial charge in [-0.3, -0.25) is 9.59 Å². The molecular weight excluding hydrogens is 406 g/mol. The molecule has 2 aromatic rings. The summed E-state index contributed by atoms with van der Waals surface area (Å²) in [7, 11) is 0. The number of carbonyl (C=O) groups excluding carboxylic acids is 2. The van der Waals surface area contributed by atoms with Gasteiger partial charge in [0.15, 0.2) is 0 Å². The van der Waals surface area contributed by atoms with Crippen LogP contribution in [0.3, 0.4) is 0 Å². The number of aromatic carboxylic acids is 2. The van der Waals surface area contributed by atoms with Gasteiger partial charge in [-0.05, 0) is 58.2 Å². The minimum Gasteiger partial charge on any atom is -0.478 e. The Morgan fingerprint density at radius 2 is 0.958 bits per heavy atom. The predicted molar refractivity (Wildman–Crippen MR) is 94.1 cm³/mol. The maximum atomic E-state index is 10.7. The van der Waals surface area contributed by atoms with Crippen molar-refractivity contribution in [3.63, 3.8) is 0 Å². The molecule has 0 aliphatic heterocycles. The molecule has 130 valence electrons. The topological polar surface area (TPSA) is 109 Å². The van der Waals surface area contributed by atoms with E-state index >= 15 is 0 Å². The zero-order chi connectivity index (χ0) is 16.9. The van der Waals surface area contributed by atoms with E-state index in [-0.39, 0.29) is 35.9 Å². The fraction of sp³-hybridized carbons (Fsp3) is 0. The molecule has 0 saturated heterocycles. The van der Waals surface area contributed by atoms with Gasteiger partial charge in [0.2, 0.25) is 0 Å². The minimum absolute atomic E-state index is 0. The van der Waals surface area contributed by atoms with Gasteiger partial charge < -0.3 is 10.2 Å². The van der Waals surface area contributed by atoms with Crippen LogP contribution in [0.2, 0.25) is 0 Å².